The van der Waals surface area contributed by atoms with E-state index in [9.17, 15) is 9.59 Å². The number of nitrogens with one attached hydrogen (secondary N) is 1. The third kappa shape index (κ3) is 3.36. The molecule has 0 aliphatic carbocycles. The molecule has 1 amide bonds. The van der Waals surface area contributed by atoms with Gasteiger partial charge in [0.05, 0.1) is 22.2 Å². The fourth-order valence-corrected chi connectivity index (χ4v) is 3.49. The van der Waals surface area contributed by atoms with Crippen LogP contribution in [0.15, 0.2) is 0 Å². The molecule has 1 aromatic rings. The lowest BCUT2D eigenvalue weighted by Gasteiger charge is -2.11. The quantitative estimate of drug-likeness (QED) is 0.695. The van der Waals surface area contributed by atoms with Crippen molar-refractivity contribution >= 4 is 33.7 Å². The normalized spacial score (nSPS) is 18.1. The Bertz CT molecular complexity index is 548. The number of hydrogen-bond donors (Lipinski definition) is 3. The molecule has 0 aromatic carbocycles. The Labute approximate surface area is 127 Å². The number of carbonyl (C=O) groups excluding carboxylic acids is 2. The van der Waals surface area contributed by atoms with Gasteiger partial charge in [0.25, 0.3) is 5.91 Å². The highest BCUT2D eigenvalue weighted by Gasteiger charge is 2.26. The van der Waals surface area contributed by atoms with E-state index in [2.05, 4.69) is 5.32 Å². The van der Waals surface area contributed by atoms with E-state index in [4.69, 9.17) is 16.2 Å². The van der Waals surface area contributed by atoms with Gasteiger partial charge in [-0.1, -0.05) is 13.8 Å². The molecule has 1 fully saturated rings. The van der Waals surface area contributed by atoms with E-state index in [1.807, 2.05) is 0 Å². The SMILES string of the molecule is CC(C)C(=O)c1sc(NCC2CCCO2)c(C(N)=O)c1N. The molecular weight excluding hydrogens is 290 g/mol. The van der Waals surface area contributed by atoms with E-state index < -0.39 is 5.91 Å². The molecule has 1 saturated heterocycles. The third-order valence-corrected chi connectivity index (χ3v) is 4.63. The monoisotopic (exact) mass is 311 g/mol. The van der Waals surface area contributed by atoms with Crippen molar-refractivity contribution in [2.24, 2.45) is 11.7 Å². The number of rotatable bonds is 6. The maximum absolute atomic E-state index is 12.1. The number of ether oxygens (including phenoxy) is 1. The van der Waals surface area contributed by atoms with Crippen molar-refractivity contribution in [1.82, 2.24) is 0 Å². The first kappa shape index (κ1) is 15.8. The molecule has 6 nitrogen and oxygen atoms in total. The van der Waals surface area contributed by atoms with Gasteiger partial charge in [0.15, 0.2) is 5.78 Å². The van der Waals surface area contributed by atoms with Gasteiger partial charge in [-0.2, -0.15) is 0 Å². The molecule has 0 spiro atoms. The van der Waals surface area contributed by atoms with Crippen molar-refractivity contribution in [3.8, 4) is 0 Å². The first-order valence-corrected chi connectivity index (χ1v) is 7.85. The van der Waals surface area contributed by atoms with Crippen LogP contribution < -0.4 is 16.8 Å². The van der Waals surface area contributed by atoms with Gasteiger partial charge in [-0.05, 0) is 12.8 Å². The number of ketones is 1. The Morgan fingerprint density at radius 3 is 2.71 bits per heavy atom. The summed E-state index contributed by atoms with van der Waals surface area (Å²) in [5, 5.41) is 3.71. The van der Waals surface area contributed by atoms with Crippen LogP contribution in [0.1, 0.15) is 46.7 Å². The lowest BCUT2D eigenvalue weighted by Crippen LogP contribution is -2.20. The average molecular weight is 311 g/mol. The van der Waals surface area contributed by atoms with Crippen molar-refractivity contribution in [2.45, 2.75) is 32.8 Å². The molecule has 0 saturated carbocycles. The third-order valence-electron chi connectivity index (χ3n) is 3.45. The summed E-state index contributed by atoms with van der Waals surface area (Å²) in [6, 6.07) is 0. The van der Waals surface area contributed by atoms with Crippen molar-refractivity contribution in [3.63, 3.8) is 0 Å². The van der Waals surface area contributed by atoms with Crippen molar-refractivity contribution in [3.05, 3.63) is 10.4 Å². The topological polar surface area (TPSA) is 107 Å². The molecule has 0 radical (unpaired) electrons. The maximum Gasteiger partial charge on any atom is 0.253 e. The standard InChI is InChI=1S/C14H21N3O3S/c1-7(2)11(18)12-10(15)9(13(16)19)14(21-12)17-6-8-4-3-5-20-8/h7-8,17H,3-6,15H2,1-2H3,(H2,16,19). The van der Waals surface area contributed by atoms with Gasteiger partial charge in [-0.25, -0.2) is 0 Å². The number of primary amides is 1. The highest BCUT2D eigenvalue weighted by atomic mass is 32.1. The minimum atomic E-state index is -0.624. The highest BCUT2D eigenvalue weighted by Crippen LogP contribution is 2.37. The Balaban J connectivity index is 2.24. The summed E-state index contributed by atoms with van der Waals surface area (Å²) in [6.07, 6.45) is 2.15. The van der Waals surface area contributed by atoms with Crippen LogP contribution in [0.3, 0.4) is 0 Å². The summed E-state index contributed by atoms with van der Waals surface area (Å²) in [6.45, 7) is 4.93. The van der Waals surface area contributed by atoms with Crippen LogP contribution in [-0.2, 0) is 4.74 Å². The first-order chi connectivity index (χ1) is 9.91. The van der Waals surface area contributed by atoms with Crippen LogP contribution in [-0.4, -0.2) is 30.9 Å². The summed E-state index contributed by atoms with van der Waals surface area (Å²) in [4.78, 5) is 24.1. The number of carbonyl (C=O) groups is 2. The smallest absolute Gasteiger partial charge is 0.253 e. The second kappa shape index (κ2) is 6.44. The van der Waals surface area contributed by atoms with Crippen LogP contribution in [0, 0.1) is 5.92 Å². The molecule has 2 rings (SSSR count). The van der Waals surface area contributed by atoms with Crippen LogP contribution in [0.25, 0.3) is 0 Å². The second-order valence-electron chi connectivity index (χ2n) is 5.45. The Hall–Kier alpha value is -1.60. The number of anilines is 2. The minimum Gasteiger partial charge on any atom is -0.397 e. The van der Waals surface area contributed by atoms with Crippen molar-refractivity contribution < 1.29 is 14.3 Å². The van der Waals surface area contributed by atoms with Crippen molar-refractivity contribution in [1.29, 1.82) is 0 Å². The lowest BCUT2D eigenvalue weighted by atomic mass is 10.1. The van der Waals surface area contributed by atoms with Gasteiger partial charge in [0.1, 0.15) is 5.00 Å². The number of nitrogen functional groups attached to an aromatic ring is 1. The largest absolute Gasteiger partial charge is 0.397 e. The van der Waals surface area contributed by atoms with Crippen LogP contribution in [0.5, 0.6) is 0 Å². The molecule has 5 N–H and O–H groups in total. The fraction of sp³-hybridized carbons (Fsp3) is 0.571. The van der Waals surface area contributed by atoms with Crippen LogP contribution >= 0.6 is 11.3 Å². The van der Waals surface area contributed by atoms with Gasteiger partial charge in [0, 0.05) is 19.1 Å². The van der Waals surface area contributed by atoms with Crippen LogP contribution in [0.4, 0.5) is 10.7 Å². The Kier molecular flexibility index (Phi) is 4.84. The molecule has 1 atom stereocenters. The van der Waals surface area contributed by atoms with Gasteiger partial charge >= 0.3 is 0 Å². The van der Waals surface area contributed by atoms with Crippen molar-refractivity contribution in [2.75, 3.05) is 24.2 Å². The molecule has 116 valence electrons. The van der Waals surface area contributed by atoms with Gasteiger partial charge in [-0.15, -0.1) is 11.3 Å². The lowest BCUT2D eigenvalue weighted by molar-refractivity contribution is 0.0944. The molecule has 1 aromatic heterocycles. The number of nitrogens with two attached hydrogens (primary N) is 2. The van der Waals surface area contributed by atoms with Gasteiger partial charge in [-0.3, -0.25) is 9.59 Å². The Morgan fingerprint density at radius 2 is 2.19 bits per heavy atom. The van der Waals surface area contributed by atoms with E-state index in [0.717, 1.165) is 19.4 Å². The van der Waals surface area contributed by atoms with E-state index >= 15 is 0 Å². The van der Waals surface area contributed by atoms with Crippen LogP contribution in [0.2, 0.25) is 0 Å². The molecular formula is C14H21N3O3S. The predicted molar refractivity (Wildman–Crippen MR) is 83.9 cm³/mol. The summed E-state index contributed by atoms with van der Waals surface area (Å²) in [5.74, 6) is -0.885. The zero-order valence-corrected chi connectivity index (χ0v) is 13.1. The zero-order valence-electron chi connectivity index (χ0n) is 12.3. The number of Topliss-reactive ketones (excluding diaryl/α,β-unsaturated/α-hetero) is 1. The first-order valence-electron chi connectivity index (χ1n) is 7.03. The predicted octanol–water partition coefficient (Wildman–Crippen LogP) is 1.86. The molecule has 2 heterocycles. The summed E-state index contributed by atoms with van der Waals surface area (Å²) >= 11 is 1.19. The molecule has 21 heavy (non-hydrogen) atoms. The molecule has 1 aliphatic rings. The van der Waals surface area contributed by atoms with E-state index in [1.54, 1.807) is 13.8 Å². The van der Waals surface area contributed by atoms with E-state index in [1.165, 1.54) is 11.3 Å². The number of thiophene rings is 1. The van der Waals surface area contributed by atoms with E-state index in [-0.39, 0.29) is 29.1 Å². The molecule has 0 bridgehead atoms. The number of amides is 1. The summed E-state index contributed by atoms with van der Waals surface area (Å²) in [7, 11) is 0. The molecule has 7 heteroatoms. The summed E-state index contributed by atoms with van der Waals surface area (Å²) < 4.78 is 5.53. The fourth-order valence-electron chi connectivity index (χ4n) is 2.27. The summed E-state index contributed by atoms with van der Waals surface area (Å²) in [5.41, 5.74) is 11.7. The maximum atomic E-state index is 12.1. The minimum absolute atomic E-state index is 0.0785. The van der Waals surface area contributed by atoms with Gasteiger partial charge in [0.2, 0.25) is 0 Å². The molecule has 1 aliphatic heterocycles. The average Bonchev–Trinajstić information content (AvgIpc) is 3.02. The molecule has 1 unspecified atom stereocenters. The Morgan fingerprint density at radius 1 is 1.48 bits per heavy atom. The van der Waals surface area contributed by atoms with E-state index in [0.29, 0.717) is 16.4 Å². The van der Waals surface area contributed by atoms with Gasteiger partial charge < -0.3 is 21.5 Å². The zero-order chi connectivity index (χ0) is 15.6. The second-order valence-corrected chi connectivity index (χ2v) is 6.47. The highest BCUT2D eigenvalue weighted by molar-refractivity contribution is 7.19. The number of hydrogen-bond acceptors (Lipinski definition) is 6.